The SMILES string of the molecule is O=C(CCCC(=O)N1CCC[C@@H]1c1nccs1)c1ccccc1. The lowest BCUT2D eigenvalue weighted by atomic mass is 10.1. The van der Waals surface area contributed by atoms with Crippen molar-refractivity contribution in [1.29, 1.82) is 0 Å². The van der Waals surface area contributed by atoms with Gasteiger partial charge in [0.1, 0.15) is 5.01 Å². The van der Waals surface area contributed by atoms with Crippen molar-refractivity contribution in [3.63, 3.8) is 0 Å². The highest BCUT2D eigenvalue weighted by Gasteiger charge is 2.31. The number of Topliss-reactive ketones (excluding diaryl/α,β-unsaturated/α-hetero) is 1. The Balaban J connectivity index is 1.50. The molecule has 0 spiro atoms. The molecule has 1 aliphatic heterocycles. The van der Waals surface area contributed by atoms with Crippen molar-refractivity contribution >= 4 is 23.0 Å². The predicted octanol–water partition coefficient (Wildman–Crippen LogP) is 3.86. The fourth-order valence-electron chi connectivity index (χ4n) is 3.03. The van der Waals surface area contributed by atoms with Gasteiger partial charge in [-0.25, -0.2) is 4.98 Å². The number of thiazole rings is 1. The maximum Gasteiger partial charge on any atom is 0.223 e. The van der Waals surface area contributed by atoms with Gasteiger partial charge in [-0.3, -0.25) is 9.59 Å². The lowest BCUT2D eigenvalue weighted by molar-refractivity contribution is -0.132. The molecule has 1 saturated heterocycles. The van der Waals surface area contributed by atoms with Crippen LogP contribution in [-0.4, -0.2) is 28.1 Å². The quantitative estimate of drug-likeness (QED) is 0.757. The number of carbonyl (C=O) groups is 2. The van der Waals surface area contributed by atoms with Gasteiger partial charge in [-0.1, -0.05) is 30.3 Å². The topological polar surface area (TPSA) is 50.3 Å². The van der Waals surface area contributed by atoms with Gasteiger partial charge in [0.05, 0.1) is 6.04 Å². The van der Waals surface area contributed by atoms with E-state index in [-0.39, 0.29) is 17.7 Å². The van der Waals surface area contributed by atoms with E-state index in [1.54, 1.807) is 17.5 Å². The van der Waals surface area contributed by atoms with Crippen molar-refractivity contribution in [2.45, 2.75) is 38.1 Å². The first-order valence-corrected chi connectivity index (χ1v) is 8.91. The molecule has 23 heavy (non-hydrogen) atoms. The van der Waals surface area contributed by atoms with Crippen molar-refractivity contribution < 1.29 is 9.59 Å². The molecule has 0 saturated carbocycles. The summed E-state index contributed by atoms with van der Waals surface area (Å²) < 4.78 is 0. The summed E-state index contributed by atoms with van der Waals surface area (Å²) in [6.45, 7) is 0.801. The number of amides is 1. The van der Waals surface area contributed by atoms with Crippen LogP contribution in [0.3, 0.4) is 0 Å². The van der Waals surface area contributed by atoms with E-state index in [9.17, 15) is 9.59 Å². The summed E-state index contributed by atoms with van der Waals surface area (Å²) >= 11 is 1.61. The van der Waals surface area contributed by atoms with Gasteiger partial charge in [-0.15, -0.1) is 11.3 Å². The standard InChI is InChI=1S/C18H20N2O2S/c21-16(14-6-2-1-3-7-14)9-4-10-17(22)20-12-5-8-15(20)18-19-11-13-23-18/h1-3,6-7,11,13,15H,4-5,8-10,12H2/t15-/m1/s1. The summed E-state index contributed by atoms with van der Waals surface area (Å²) in [5.74, 6) is 0.250. The Bertz CT molecular complexity index is 655. The number of aromatic nitrogens is 1. The molecule has 0 unspecified atom stereocenters. The van der Waals surface area contributed by atoms with E-state index < -0.39 is 0 Å². The molecule has 1 amide bonds. The van der Waals surface area contributed by atoms with E-state index >= 15 is 0 Å². The largest absolute Gasteiger partial charge is 0.333 e. The van der Waals surface area contributed by atoms with E-state index in [0.717, 1.165) is 30.0 Å². The third kappa shape index (κ3) is 3.85. The van der Waals surface area contributed by atoms with Crippen molar-refractivity contribution in [2.75, 3.05) is 6.54 Å². The van der Waals surface area contributed by atoms with Crippen LogP contribution in [0.15, 0.2) is 41.9 Å². The van der Waals surface area contributed by atoms with Crippen LogP contribution in [0.2, 0.25) is 0 Å². The third-order valence-corrected chi connectivity index (χ3v) is 5.08. The number of hydrogen-bond donors (Lipinski definition) is 0. The molecule has 2 aromatic rings. The minimum absolute atomic E-state index is 0.108. The molecule has 2 heterocycles. The minimum atomic E-state index is 0.108. The van der Waals surface area contributed by atoms with Gasteiger partial charge >= 0.3 is 0 Å². The summed E-state index contributed by atoms with van der Waals surface area (Å²) in [7, 11) is 0. The molecule has 0 N–H and O–H groups in total. The van der Waals surface area contributed by atoms with Crippen LogP contribution >= 0.6 is 11.3 Å². The first kappa shape index (κ1) is 15.9. The van der Waals surface area contributed by atoms with Crippen LogP contribution in [0, 0.1) is 0 Å². The monoisotopic (exact) mass is 328 g/mol. The molecule has 120 valence electrons. The molecular formula is C18H20N2O2S. The molecule has 1 aliphatic rings. The Morgan fingerprint density at radius 3 is 2.78 bits per heavy atom. The summed E-state index contributed by atoms with van der Waals surface area (Å²) in [5, 5.41) is 2.98. The number of carbonyl (C=O) groups excluding carboxylic acids is 2. The average molecular weight is 328 g/mol. The Hall–Kier alpha value is -2.01. The Morgan fingerprint density at radius 1 is 1.22 bits per heavy atom. The van der Waals surface area contributed by atoms with Gasteiger partial charge in [0, 0.05) is 36.5 Å². The number of nitrogens with zero attached hydrogens (tertiary/aromatic N) is 2. The number of rotatable bonds is 6. The summed E-state index contributed by atoms with van der Waals surface area (Å²) in [4.78, 5) is 30.8. The van der Waals surface area contributed by atoms with Crippen LogP contribution in [0.4, 0.5) is 0 Å². The van der Waals surface area contributed by atoms with Gasteiger partial charge in [-0.05, 0) is 19.3 Å². The molecule has 3 rings (SSSR count). The van der Waals surface area contributed by atoms with Crippen molar-refractivity contribution in [2.24, 2.45) is 0 Å². The second-order valence-electron chi connectivity index (χ2n) is 5.76. The number of hydrogen-bond acceptors (Lipinski definition) is 4. The van der Waals surface area contributed by atoms with Crippen LogP contribution < -0.4 is 0 Å². The third-order valence-electron chi connectivity index (χ3n) is 4.20. The van der Waals surface area contributed by atoms with Gasteiger partial charge in [0.25, 0.3) is 0 Å². The van der Waals surface area contributed by atoms with E-state index in [2.05, 4.69) is 4.98 Å². The molecule has 0 radical (unpaired) electrons. The fraction of sp³-hybridized carbons (Fsp3) is 0.389. The zero-order valence-corrected chi connectivity index (χ0v) is 13.8. The highest BCUT2D eigenvalue weighted by Crippen LogP contribution is 2.33. The zero-order valence-electron chi connectivity index (χ0n) is 13.0. The Kier molecular flexibility index (Phi) is 5.18. The Morgan fingerprint density at radius 2 is 2.04 bits per heavy atom. The molecule has 0 bridgehead atoms. The molecule has 1 atom stereocenters. The predicted molar refractivity (Wildman–Crippen MR) is 90.4 cm³/mol. The van der Waals surface area contributed by atoms with E-state index in [1.807, 2.05) is 40.6 Å². The first-order chi connectivity index (χ1) is 11.3. The highest BCUT2D eigenvalue weighted by molar-refractivity contribution is 7.09. The van der Waals surface area contributed by atoms with E-state index in [4.69, 9.17) is 0 Å². The smallest absolute Gasteiger partial charge is 0.223 e. The van der Waals surface area contributed by atoms with Gasteiger partial charge in [0.2, 0.25) is 5.91 Å². The van der Waals surface area contributed by atoms with Gasteiger partial charge in [0.15, 0.2) is 5.78 Å². The van der Waals surface area contributed by atoms with Gasteiger partial charge in [-0.2, -0.15) is 0 Å². The second-order valence-corrected chi connectivity index (χ2v) is 6.68. The zero-order chi connectivity index (χ0) is 16.1. The lowest BCUT2D eigenvalue weighted by Crippen LogP contribution is -2.30. The lowest BCUT2D eigenvalue weighted by Gasteiger charge is -2.23. The molecular weight excluding hydrogens is 308 g/mol. The molecule has 1 fully saturated rings. The van der Waals surface area contributed by atoms with Crippen molar-refractivity contribution in [3.05, 3.63) is 52.5 Å². The molecule has 0 aliphatic carbocycles. The molecule has 4 nitrogen and oxygen atoms in total. The van der Waals surface area contributed by atoms with E-state index in [0.29, 0.717) is 19.3 Å². The van der Waals surface area contributed by atoms with Crippen LogP contribution in [-0.2, 0) is 4.79 Å². The number of benzene rings is 1. The maximum atomic E-state index is 12.5. The first-order valence-electron chi connectivity index (χ1n) is 8.03. The Labute approximate surface area is 140 Å². The molecule has 1 aromatic heterocycles. The second kappa shape index (κ2) is 7.51. The van der Waals surface area contributed by atoms with Crippen LogP contribution in [0.1, 0.15) is 53.5 Å². The minimum Gasteiger partial charge on any atom is -0.333 e. The highest BCUT2D eigenvalue weighted by atomic mass is 32.1. The molecule has 5 heteroatoms. The molecule has 1 aromatic carbocycles. The van der Waals surface area contributed by atoms with Gasteiger partial charge < -0.3 is 4.90 Å². The van der Waals surface area contributed by atoms with Crippen molar-refractivity contribution in [1.82, 2.24) is 9.88 Å². The number of likely N-dealkylation sites (tertiary alicyclic amines) is 1. The maximum absolute atomic E-state index is 12.5. The normalized spacial score (nSPS) is 17.4. The fourth-order valence-corrected chi connectivity index (χ4v) is 3.82. The van der Waals surface area contributed by atoms with Crippen LogP contribution in [0.25, 0.3) is 0 Å². The summed E-state index contributed by atoms with van der Waals surface area (Å²) in [6, 6.07) is 9.40. The average Bonchev–Trinajstić information content (AvgIpc) is 3.26. The van der Waals surface area contributed by atoms with E-state index in [1.165, 1.54) is 0 Å². The summed E-state index contributed by atoms with van der Waals surface area (Å²) in [5.41, 5.74) is 0.724. The van der Waals surface area contributed by atoms with Crippen LogP contribution in [0.5, 0.6) is 0 Å². The van der Waals surface area contributed by atoms with Crippen molar-refractivity contribution in [3.8, 4) is 0 Å². The number of ketones is 1. The summed E-state index contributed by atoms with van der Waals surface area (Å²) in [6.07, 6.45) is 5.26.